The van der Waals surface area contributed by atoms with Crippen LogP contribution in [0.5, 0.6) is 0 Å². The van der Waals surface area contributed by atoms with Crippen molar-refractivity contribution in [2.24, 2.45) is 4.99 Å². The van der Waals surface area contributed by atoms with Gasteiger partial charge in [-0.05, 0) is 62.2 Å². The van der Waals surface area contributed by atoms with Gasteiger partial charge in [0.1, 0.15) is 24.2 Å². The minimum Gasteiger partial charge on any atom is -0.560 e. The number of hydrogen-bond donors (Lipinski definition) is 2. The molecule has 1 unspecified atom stereocenters. The quantitative estimate of drug-likeness (QED) is 0.180. The maximum absolute atomic E-state index is 12.5. The number of aromatic nitrogens is 1. The first-order chi connectivity index (χ1) is 17.0. The topological polar surface area (TPSA) is 69.4 Å². The van der Waals surface area contributed by atoms with Crippen molar-refractivity contribution in [2.45, 2.75) is 40.7 Å². The fourth-order valence-electron chi connectivity index (χ4n) is 3.06. The second-order valence-corrected chi connectivity index (χ2v) is 7.51. The standard InChI is InChI=1S/C27H28N5O.C2H6.K/c1-5-7-11-26(6-2)32-18-25(19-32)30-13-12-29-21(4)22-9-8-10-24(15-22)31-27(33)23-14-20(3)16-28-17-23;1-2;/h5-11,13-19,21,29H,2H2,1,3-4H3,(H,31,33);1-2H3;/q-1;;+1/b7-5-,26-11+;;. The molecule has 0 saturated heterocycles. The van der Waals surface area contributed by atoms with Gasteiger partial charge in [-0.15, -0.1) is 12.8 Å². The van der Waals surface area contributed by atoms with Crippen LogP contribution in [0.1, 0.15) is 55.2 Å². The molecule has 0 bridgehead atoms. The zero-order valence-electron chi connectivity index (χ0n) is 22.1. The number of benzene rings is 1. The van der Waals surface area contributed by atoms with Crippen molar-refractivity contribution < 1.29 is 60.8 Å². The largest absolute Gasteiger partial charge is 1.00 e. The van der Waals surface area contributed by atoms with E-state index >= 15 is 0 Å². The van der Waals surface area contributed by atoms with E-state index < -0.39 is 0 Å². The van der Waals surface area contributed by atoms with Crippen LogP contribution in [0.4, 0.5) is 5.69 Å². The molecule has 3 rings (SSSR count). The number of nitrogens with zero attached hydrogens (tertiary/aromatic N) is 3. The van der Waals surface area contributed by atoms with Crippen LogP contribution >= 0.6 is 0 Å². The van der Waals surface area contributed by atoms with E-state index in [1.165, 1.54) is 0 Å². The molecule has 7 heteroatoms. The minimum absolute atomic E-state index is 0. The molecule has 2 heterocycles. The number of amides is 1. The average molecular weight is 508 g/mol. The molecular weight excluding hydrogens is 473 g/mol. The molecule has 0 fully saturated rings. The third-order valence-electron chi connectivity index (χ3n) is 4.87. The van der Waals surface area contributed by atoms with Gasteiger partial charge in [0.2, 0.25) is 0 Å². The van der Waals surface area contributed by atoms with Crippen molar-refractivity contribution in [3.05, 3.63) is 115 Å². The molecule has 0 radical (unpaired) electrons. The Bertz CT molecular complexity index is 1180. The van der Waals surface area contributed by atoms with Crippen LogP contribution in [0.15, 0.2) is 90.5 Å². The predicted octanol–water partition coefficient (Wildman–Crippen LogP) is 2.94. The van der Waals surface area contributed by atoms with E-state index in [4.69, 9.17) is 0 Å². The molecule has 1 aliphatic heterocycles. The van der Waals surface area contributed by atoms with Crippen LogP contribution < -0.4 is 62.0 Å². The van der Waals surface area contributed by atoms with Gasteiger partial charge in [0, 0.05) is 24.1 Å². The first-order valence-corrected chi connectivity index (χ1v) is 11.7. The Morgan fingerprint density at radius 1 is 1.28 bits per heavy atom. The Kier molecular flexibility index (Phi) is 14.9. The van der Waals surface area contributed by atoms with Crippen molar-refractivity contribution in [1.82, 2.24) is 10.3 Å². The summed E-state index contributed by atoms with van der Waals surface area (Å²) in [6, 6.07) is 9.50. The van der Waals surface area contributed by atoms with Crippen molar-refractivity contribution in [1.29, 1.82) is 0 Å². The van der Waals surface area contributed by atoms with Crippen LogP contribution in [0.25, 0.3) is 0 Å². The molecule has 36 heavy (non-hydrogen) atoms. The molecule has 6 nitrogen and oxygen atoms in total. The number of aliphatic imine (C=N–C) groups is 1. The molecular formula is C29H34KN5O. The van der Waals surface area contributed by atoms with Crippen molar-refractivity contribution in [3.63, 3.8) is 0 Å². The summed E-state index contributed by atoms with van der Waals surface area (Å²) in [5.74, 6) is -0.187. The van der Waals surface area contributed by atoms with E-state index in [-0.39, 0.29) is 63.3 Å². The van der Waals surface area contributed by atoms with Gasteiger partial charge < -0.3 is 21.8 Å². The summed E-state index contributed by atoms with van der Waals surface area (Å²) in [4.78, 5) is 20.9. The maximum atomic E-state index is 12.5. The van der Waals surface area contributed by atoms with E-state index in [9.17, 15) is 4.79 Å². The Balaban J connectivity index is 0.00000211. The number of carbonyl (C=O) groups excluding carboxylic acids is 1. The molecule has 2 N–H and O–H groups in total. The van der Waals surface area contributed by atoms with Crippen LogP contribution in [0.2, 0.25) is 0 Å². The summed E-state index contributed by atoms with van der Waals surface area (Å²) in [6.07, 6.45) is 17.5. The molecule has 0 aliphatic carbocycles. The van der Waals surface area contributed by atoms with Gasteiger partial charge >= 0.3 is 51.4 Å². The average Bonchev–Trinajstić information content (AvgIpc) is 2.85. The van der Waals surface area contributed by atoms with E-state index in [0.717, 1.165) is 28.2 Å². The minimum atomic E-state index is -0.187. The van der Waals surface area contributed by atoms with Crippen molar-refractivity contribution in [2.75, 3.05) is 5.32 Å². The summed E-state index contributed by atoms with van der Waals surface area (Å²) in [5, 5.41) is 6.11. The first-order valence-electron chi connectivity index (χ1n) is 11.7. The fraction of sp³-hybridized carbons (Fsp3) is 0.207. The Hall–Kier alpha value is -2.55. The molecule has 1 aromatic carbocycles. The number of nitrogens with one attached hydrogen (secondary N) is 2. The number of anilines is 1. The summed E-state index contributed by atoms with van der Waals surface area (Å²) in [5.41, 5.74) is 5.04. The van der Waals surface area contributed by atoms with E-state index in [0.29, 0.717) is 5.56 Å². The zero-order chi connectivity index (χ0) is 25.6. The molecule has 1 aliphatic rings. The van der Waals surface area contributed by atoms with Gasteiger partial charge in [0.25, 0.3) is 5.91 Å². The first kappa shape index (κ1) is 31.5. The second-order valence-electron chi connectivity index (χ2n) is 7.51. The maximum Gasteiger partial charge on any atom is 1.00 e. The fourth-order valence-corrected chi connectivity index (χ4v) is 3.06. The molecule has 1 aromatic heterocycles. The molecule has 1 amide bonds. The second kappa shape index (κ2) is 17.0. The molecule has 2 aromatic rings. The van der Waals surface area contributed by atoms with Crippen LogP contribution in [-0.2, 0) is 0 Å². The van der Waals surface area contributed by atoms with E-state index in [2.05, 4.69) is 33.4 Å². The van der Waals surface area contributed by atoms with Crippen LogP contribution in [0.3, 0.4) is 0 Å². The van der Waals surface area contributed by atoms with E-state index in [1.807, 2.05) is 101 Å². The zero-order valence-corrected chi connectivity index (χ0v) is 25.2. The number of hydrogen-bond acceptors (Lipinski definition) is 4. The van der Waals surface area contributed by atoms with Crippen molar-refractivity contribution >= 4 is 23.5 Å². The predicted molar refractivity (Wildman–Crippen MR) is 145 cm³/mol. The summed E-state index contributed by atoms with van der Waals surface area (Å²) in [7, 11) is 0. The van der Waals surface area contributed by atoms with Gasteiger partial charge in [-0.3, -0.25) is 14.4 Å². The monoisotopic (exact) mass is 507 g/mol. The van der Waals surface area contributed by atoms with E-state index in [1.54, 1.807) is 24.7 Å². The number of allylic oxidation sites excluding steroid dienone is 4. The Morgan fingerprint density at radius 2 is 2.03 bits per heavy atom. The molecule has 0 saturated carbocycles. The normalized spacial score (nSPS) is 14.5. The molecule has 1 atom stereocenters. The third-order valence-corrected chi connectivity index (χ3v) is 4.87. The summed E-state index contributed by atoms with van der Waals surface area (Å²) in [6.45, 7) is 15.6. The van der Waals surface area contributed by atoms with Gasteiger partial charge in [0.15, 0.2) is 0 Å². The van der Waals surface area contributed by atoms with Gasteiger partial charge in [-0.25, -0.2) is 0 Å². The number of carbonyl (C=O) groups is 1. The van der Waals surface area contributed by atoms with Gasteiger partial charge in [-0.2, -0.15) is 0 Å². The summed E-state index contributed by atoms with van der Waals surface area (Å²) >= 11 is 0. The Morgan fingerprint density at radius 3 is 2.69 bits per heavy atom. The number of rotatable bonds is 9. The third kappa shape index (κ3) is 9.83. The SMILES string of the molecule is C=C/C(=C\C=C/C)[N+]1=CC(=NC=[C-]NC(C)c2cccc(NC(=O)c3cncc(C)c3)c2)[CH-]1.CC.[K+]. The Labute approximate surface area is 258 Å². The van der Waals surface area contributed by atoms with Gasteiger partial charge in [0.05, 0.1) is 5.56 Å². The van der Waals surface area contributed by atoms with Crippen molar-refractivity contribution in [3.8, 4) is 0 Å². The smallest absolute Gasteiger partial charge is 0.560 e. The molecule has 0 spiro atoms. The van der Waals surface area contributed by atoms with Crippen LogP contribution in [-0.4, -0.2) is 27.4 Å². The number of pyridine rings is 1. The van der Waals surface area contributed by atoms with Crippen LogP contribution in [0, 0.1) is 19.7 Å². The van der Waals surface area contributed by atoms with Gasteiger partial charge in [-0.1, -0.05) is 38.1 Å². The number of aryl methyl sites for hydroxylation is 1. The molecule has 182 valence electrons. The summed E-state index contributed by atoms with van der Waals surface area (Å²) < 4.78 is 1.96.